The predicted molar refractivity (Wildman–Crippen MR) is 136 cm³/mol. The van der Waals surface area contributed by atoms with E-state index >= 15 is 0 Å². The number of nitrogens with two attached hydrogens (primary N) is 1. The van der Waals surface area contributed by atoms with Gasteiger partial charge in [-0.25, -0.2) is 9.97 Å². The molecule has 0 spiro atoms. The first-order valence-electron chi connectivity index (χ1n) is 12.0. The lowest BCUT2D eigenvalue weighted by Gasteiger charge is -2.21. The van der Waals surface area contributed by atoms with E-state index in [1.165, 1.54) is 0 Å². The van der Waals surface area contributed by atoms with E-state index in [0.717, 1.165) is 63.9 Å². The lowest BCUT2D eigenvalue weighted by molar-refractivity contribution is -0.117. The van der Waals surface area contributed by atoms with E-state index in [2.05, 4.69) is 44.5 Å². The van der Waals surface area contributed by atoms with Gasteiger partial charge in [-0.1, -0.05) is 6.92 Å². The quantitative estimate of drug-likeness (QED) is 0.417. The van der Waals surface area contributed by atoms with Gasteiger partial charge in [-0.15, -0.1) is 0 Å². The number of aromatic nitrogens is 5. The highest BCUT2D eigenvalue weighted by Crippen LogP contribution is 2.54. The standard InChI is InChI=1S/C26H28N8O/c1-13-17(10-29-19-5-4-6-28-24(13)19)20-7-15-8-21(30-11-18(15)25(27)32-20)33-26(35)23-14(2)22(23)16-9-31-34(3)12-16/h7-12,14,22-23,28H,4-6H2,1-3H3,(H2,27,32)(H,30,33,35). The molecule has 1 aliphatic heterocycles. The van der Waals surface area contributed by atoms with Gasteiger partial charge in [0.15, 0.2) is 0 Å². The first-order chi connectivity index (χ1) is 16.9. The molecule has 3 atom stereocenters. The molecule has 1 saturated carbocycles. The number of nitrogens with one attached hydrogen (secondary N) is 2. The van der Waals surface area contributed by atoms with Crippen LogP contribution in [0.3, 0.4) is 0 Å². The molecule has 6 rings (SSSR count). The average Bonchev–Trinajstić information content (AvgIpc) is 3.33. The number of nitrogen functional groups attached to an aromatic ring is 1. The molecule has 1 aliphatic carbocycles. The van der Waals surface area contributed by atoms with Crippen molar-refractivity contribution >= 4 is 34.0 Å². The molecule has 4 aromatic rings. The van der Waals surface area contributed by atoms with Gasteiger partial charge >= 0.3 is 0 Å². The van der Waals surface area contributed by atoms with Gasteiger partial charge in [0.1, 0.15) is 11.6 Å². The molecule has 2 aliphatic rings. The van der Waals surface area contributed by atoms with Gasteiger partial charge in [-0.2, -0.15) is 5.10 Å². The molecule has 0 saturated heterocycles. The van der Waals surface area contributed by atoms with Crippen molar-refractivity contribution in [3.05, 3.63) is 53.7 Å². The van der Waals surface area contributed by atoms with E-state index in [4.69, 9.17) is 5.73 Å². The van der Waals surface area contributed by atoms with Gasteiger partial charge in [0.2, 0.25) is 5.91 Å². The molecule has 178 valence electrons. The van der Waals surface area contributed by atoms with Crippen LogP contribution in [-0.4, -0.2) is 37.2 Å². The van der Waals surface area contributed by atoms with Gasteiger partial charge in [-0.05, 0) is 54.3 Å². The van der Waals surface area contributed by atoms with Crippen LogP contribution in [0, 0.1) is 18.8 Å². The van der Waals surface area contributed by atoms with Crippen LogP contribution in [0.1, 0.15) is 36.1 Å². The number of aryl methyl sites for hydroxylation is 2. The van der Waals surface area contributed by atoms with Crippen LogP contribution in [-0.2, 0) is 18.3 Å². The summed E-state index contributed by atoms with van der Waals surface area (Å²) in [5, 5.41) is 12.3. The zero-order valence-electron chi connectivity index (χ0n) is 20.0. The monoisotopic (exact) mass is 468 g/mol. The zero-order valence-corrected chi connectivity index (χ0v) is 20.0. The van der Waals surface area contributed by atoms with Crippen molar-refractivity contribution < 1.29 is 4.79 Å². The summed E-state index contributed by atoms with van der Waals surface area (Å²) < 4.78 is 1.77. The van der Waals surface area contributed by atoms with E-state index in [1.54, 1.807) is 10.9 Å². The number of carbonyl (C=O) groups is 1. The summed E-state index contributed by atoms with van der Waals surface area (Å²) in [7, 11) is 1.89. The summed E-state index contributed by atoms with van der Waals surface area (Å²) in [6.45, 7) is 5.13. The van der Waals surface area contributed by atoms with Crippen LogP contribution in [0.15, 0.2) is 36.9 Å². The maximum Gasteiger partial charge on any atom is 0.229 e. The Morgan fingerprint density at radius 3 is 2.89 bits per heavy atom. The molecule has 0 aromatic carbocycles. The second-order valence-electron chi connectivity index (χ2n) is 9.68. The number of hydrogen-bond acceptors (Lipinski definition) is 7. The number of pyridine rings is 3. The first kappa shape index (κ1) is 21.5. The highest BCUT2D eigenvalue weighted by Gasteiger charge is 2.52. The number of amides is 1. The Balaban J connectivity index is 1.29. The smallest absolute Gasteiger partial charge is 0.229 e. The van der Waals surface area contributed by atoms with Crippen LogP contribution in [0.4, 0.5) is 17.3 Å². The molecule has 5 heterocycles. The highest BCUT2D eigenvalue weighted by atomic mass is 16.2. The van der Waals surface area contributed by atoms with E-state index in [0.29, 0.717) is 11.6 Å². The SMILES string of the molecule is Cc1c(-c2cc3cc(NC(=O)C4C(C)C4c4cnn(C)c4)ncc3c(N)n2)cnc2c1NCCC2. The molecule has 4 aromatic heterocycles. The number of rotatable bonds is 4. The molecule has 3 unspecified atom stereocenters. The van der Waals surface area contributed by atoms with Crippen LogP contribution < -0.4 is 16.4 Å². The van der Waals surface area contributed by atoms with Crippen LogP contribution >= 0.6 is 0 Å². The van der Waals surface area contributed by atoms with Gasteiger partial charge in [0.25, 0.3) is 0 Å². The minimum Gasteiger partial charge on any atom is -0.383 e. The van der Waals surface area contributed by atoms with E-state index in [-0.39, 0.29) is 23.7 Å². The van der Waals surface area contributed by atoms with Crippen molar-refractivity contribution in [3.63, 3.8) is 0 Å². The van der Waals surface area contributed by atoms with Crippen molar-refractivity contribution in [1.82, 2.24) is 24.7 Å². The van der Waals surface area contributed by atoms with E-state index < -0.39 is 0 Å². The second kappa shape index (κ2) is 8.04. The Kier molecular flexibility index (Phi) is 4.94. The topological polar surface area (TPSA) is 124 Å². The molecule has 9 heteroatoms. The lowest BCUT2D eigenvalue weighted by Crippen LogP contribution is -2.16. The van der Waals surface area contributed by atoms with Crippen molar-refractivity contribution in [3.8, 4) is 11.3 Å². The lowest BCUT2D eigenvalue weighted by atomic mass is 9.99. The van der Waals surface area contributed by atoms with Crippen molar-refractivity contribution in [2.75, 3.05) is 22.9 Å². The largest absolute Gasteiger partial charge is 0.383 e. The Bertz CT molecular complexity index is 1480. The third-order valence-electron chi connectivity index (χ3n) is 7.37. The molecule has 35 heavy (non-hydrogen) atoms. The molecule has 4 N–H and O–H groups in total. The van der Waals surface area contributed by atoms with Crippen LogP contribution in [0.25, 0.3) is 22.0 Å². The Morgan fingerprint density at radius 2 is 2.09 bits per heavy atom. The zero-order chi connectivity index (χ0) is 24.3. The molecule has 1 amide bonds. The minimum atomic E-state index is -0.0912. The van der Waals surface area contributed by atoms with Gasteiger partial charge in [0.05, 0.1) is 23.3 Å². The summed E-state index contributed by atoms with van der Waals surface area (Å²) in [6.07, 6.45) is 9.44. The van der Waals surface area contributed by atoms with Crippen LogP contribution in [0.2, 0.25) is 0 Å². The fourth-order valence-electron chi connectivity index (χ4n) is 5.38. The molecular weight excluding hydrogens is 440 g/mol. The Labute approximate surface area is 203 Å². The Hall–Kier alpha value is -4.01. The second-order valence-corrected chi connectivity index (χ2v) is 9.68. The summed E-state index contributed by atoms with van der Waals surface area (Å²) in [4.78, 5) is 26.8. The number of carbonyl (C=O) groups excluding carboxylic acids is 1. The summed E-state index contributed by atoms with van der Waals surface area (Å²) in [5.41, 5.74) is 12.4. The van der Waals surface area contributed by atoms with Crippen molar-refractivity contribution in [2.24, 2.45) is 18.9 Å². The van der Waals surface area contributed by atoms with Crippen molar-refractivity contribution in [1.29, 1.82) is 0 Å². The number of hydrogen-bond donors (Lipinski definition) is 3. The van der Waals surface area contributed by atoms with Gasteiger partial charge in [0, 0.05) is 55.0 Å². The minimum absolute atomic E-state index is 0.0266. The summed E-state index contributed by atoms with van der Waals surface area (Å²) in [5.74, 6) is 1.24. The molecule has 1 fully saturated rings. The Morgan fingerprint density at radius 1 is 1.23 bits per heavy atom. The number of nitrogens with zero attached hydrogens (tertiary/aromatic N) is 5. The fraction of sp³-hybridized carbons (Fsp3) is 0.346. The number of fused-ring (bicyclic) bond motifs is 2. The normalized spacial score (nSPS) is 20.8. The third kappa shape index (κ3) is 3.67. The fourth-order valence-corrected chi connectivity index (χ4v) is 5.38. The predicted octanol–water partition coefficient (Wildman–Crippen LogP) is 3.66. The number of anilines is 3. The van der Waals surface area contributed by atoms with E-state index in [1.807, 2.05) is 37.8 Å². The molecular formula is C26H28N8O. The summed E-state index contributed by atoms with van der Waals surface area (Å²) >= 11 is 0. The highest BCUT2D eigenvalue weighted by molar-refractivity contribution is 5.99. The van der Waals surface area contributed by atoms with Gasteiger partial charge < -0.3 is 16.4 Å². The van der Waals surface area contributed by atoms with Crippen LogP contribution in [0.5, 0.6) is 0 Å². The average molecular weight is 469 g/mol. The molecule has 0 radical (unpaired) electrons. The summed E-state index contributed by atoms with van der Waals surface area (Å²) in [6, 6.07) is 3.85. The van der Waals surface area contributed by atoms with E-state index in [9.17, 15) is 4.79 Å². The maximum atomic E-state index is 13.0. The van der Waals surface area contributed by atoms with Crippen molar-refractivity contribution in [2.45, 2.75) is 32.6 Å². The maximum absolute atomic E-state index is 13.0. The molecule has 0 bridgehead atoms. The molecule has 9 nitrogen and oxygen atoms in total. The first-order valence-corrected chi connectivity index (χ1v) is 12.0. The third-order valence-corrected chi connectivity index (χ3v) is 7.37. The van der Waals surface area contributed by atoms with Gasteiger partial charge in [-0.3, -0.25) is 14.5 Å².